The third-order valence-corrected chi connectivity index (χ3v) is 4.45. The Morgan fingerprint density at radius 1 is 1.28 bits per heavy atom. The number of carbonyl (C=O) groups excluding carboxylic acids is 2. The Labute approximate surface area is 172 Å². The van der Waals surface area contributed by atoms with Crippen molar-refractivity contribution in [1.29, 1.82) is 0 Å². The van der Waals surface area contributed by atoms with Gasteiger partial charge in [-0.3, -0.25) is 4.79 Å². The van der Waals surface area contributed by atoms with Crippen LogP contribution in [-0.4, -0.2) is 31.1 Å². The molecule has 0 aliphatic carbocycles. The average molecular weight is 395 g/mol. The molecule has 1 aliphatic rings. The van der Waals surface area contributed by atoms with Crippen LogP contribution in [0.5, 0.6) is 0 Å². The molecule has 1 heterocycles. The van der Waals surface area contributed by atoms with E-state index in [0.29, 0.717) is 12.8 Å². The number of benzene rings is 1. The van der Waals surface area contributed by atoms with E-state index in [1.54, 1.807) is 12.2 Å². The van der Waals surface area contributed by atoms with Crippen LogP contribution < -0.4 is 5.32 Å². The summed E-state index contributed by atoms with van der Waals surface area (Å²) in [6.07, 6.45) is 12.6. The van der Waals surface area contributed by atoms with E-state index in [4.69, 9.17) is 9.47 Å². The van der Waals surface area contributed by atoms with Crippen LogP contribution in [0.4, 0.5) is 0 Å². The largest absolute Gasteiger partial charge is 0.490 e. The fourth-order valence-corrected chi connectivity index (χ4v) is 2.94. The van der Waals surface area contributed by atoms with Crippen molar-refractivity contribution in [2.75, 3.05) is 7.11 Å². The number of amides is 1. The van der Waals surface area contributed by atoms with Gasteiger partial charge in [0.15, 0.2) is 5.76 Å². The smallest absolute Gasteiger partial charge is 0.373 e. The summed E-state index contributed by atoms with van der Waals surface area (Å²) in [5.41, 5.74) is 2.23. The second kappa shape index (κ2) is 11.7. The number of ether oxygens (including phenoxy) is 2. The van der Waals surface area contributed by atoms with Crippen molar-refractivity contribution in [3.63, 3.8) is 0 Å². The Hall–Kier alpha value is -3.08. The molecule has 0 spiro atoms. The van der Waals surface area contributed by atoms with Gasteiger partial charge in [0.25, 0.3) is 0 Å². The molecule has 1 N–H and O–H groups in total. The molecule has 1 aliphatic heterocycles. The highest BCUT2D eigenvalue weighted by Crippen LogP contribution is 2.18. The highest BCUT2D eigenvalue weighted by Gasteiger charge is 2.22. The molecule has 5 heteroatoms. The van der Waals surface area contributed by atoms with Crippen LogP contribution in [0.25, 0.3) is 0 Å². The molecule has 1 aromatic rings. The molecule has 0 radical (unpaired) electrons. The summed E-state index contributed by atoms with van der Waals surface area (Å²) >= 11 is 0. The molecule has 1 aromatic carbocycles. The van der Waals surface area contributed by atoms with E-state index in [1.165, 1.54) is 18.7 Å². The van der Waals surface area contributed by atoms with Crippen molar-refractivity contribution in [3.05, 3.63) is 83.7 Å². The molecule has 1 amide bonds. The number of carbonyl (C=O) groups is 2. The summed E-state index contributed by atoms with van der Waals surface area (Å²) in [5.74, 6) is -0.265. The van der Waals surface area contributed by atoms with Gasteiger partial charge in [-0.05, 0) is 31.9 Å². The Morgan fingerprint density at radius 2 is 2.00 bits per heavy atom. The second-order valence-corrected chi connectivity index (χ2v) is 7.04. The number of allylic oxidation sites excluding steroid dienone is 4. The maximum Gasteiger partial charge on any atom is 0.373 e. The first-order chi connectivity index (χ1) is 14.0. The molecule has 0 aromatic heterocycles. The lowest BCUT2D eigenvalue weighted by Gasteiger charge is -2.20. The normalized spacial score (nSPS) is 18.4. The van der Waals surface area contributed by atoms with Gasteiger partial charge in [-0.15, -0.1) is 0 Å². The molecule has 5 nitrogen and oxygen atoms in total. The maximum absolute atomic E-state index is 12.0. The lowest BCUT2D eigenvalue weighted by molar-refractivity contribution is -0.149. The lowest BCUT2D eigenvalue weighted by atomic mass is 10.1. The standard InChI is InChI=1S/C24H29NO4/c1-18(13-14-21-15-16-22(28-3)24(27)29-21)9-7-8-12-23(26)25-19(2)17-20-10-5-4-6-11-20/h4-13,16,19,21H,14-15,17H2,1-3H3,(H,25,26)/b9-7-,12-8-,18-13+. The number of hydrogen-bond acceptors (Lipinski definition) is 4. The summed E-state index contributed by atoms with van der Waals surface area (Å²) in [6.45, 7) is 3.96. The molecule has 154 valence electrons. The number of esters is 1. The van der Waals surface area contributed by atoms with Crippen molar-refractivity contribution < 1.29 is 19.1 Å². The first-order valence-corrected chi connectivity index (χ1v) is 9.79. The zero-order chi connectivity index (χ0) is 21.1. The molecule has 0 bridgehead atoms. The van der Waals surface area contributed by atoms with Gasteiger partial charge in [-0.2, -0.15) is 0 Å². The highest BCUT2D eigenvalue weighted by atomic mass is 16.6. The van der Waals surface area contributed by atoms with Crippen LogP contribution in [0.1, 0.15) is 32.3 Å². The minimum Gasteiger partial charge on any atom is -0.490 e. The molecule has 0 saturated carbocycles. The molecule has 29 heavy (non-hydrogen) atoms. The van der Waals surface area contributed by atoms with Gasteiger partial charge in [0, 0.05) is 25.0 Å². The second-order valence-electron chi connectivity index (χ2n) is 7.04. The van der Waals surface area contributed by atoms with Gasteiger partial charge in [0.2, 0.25) is 5.91 Å². The quantitative estimate of drug-likeness (QED) is 0.390. The number of rotatable bonds is 9. The Balaban J connectivity index is 1.72. The Bertz CT molecular complexity index is 805. The summed E-state index contributed by atoms with van der Waals surface area (Å²) in [7, 11) is 1.46. The topological polar surface area (TPSA) is 64.6 Å². The highest BCUT2D eigenvalue weighted by molar-refractivity contribution is 5.88. The molecule has 0 saturated heterocycles. The van der Waals surface area contributed by atoms with Crippen LogP contribution >= 0.6 is 0 Å². The van der Waals surface area contributed by atoms with Gasteiger partial charge in [-0.25, -0.2) is 4.79 Å². The van der Waals surface area contributed by atoms with Gasteiger partial charge < -0.3 is 14.8 Å². The summed E-state index contributed by atoms with van der Waals surface area (Å²) < 4.78 is 10.2. The monoisotopic (exact) mass is 395 g/mol. The number of hydrogen-bond donors (Lipinski definition) is 1. The van der Waals surface area contributed by atoms with E-state index >= 15 is 0 Å². The van der Waals surface area contributed by atoms with E-state index in [1.807, 2.05) is 50.3 Å². The van der Waals surface area contributed by atoms with Gasteiger partial charge in [0.1, 0.15) is 6.10 Å². The molecular weight excluding hydrogens is 366 g/mol. The molecule has 2 rings (SSSR count). The molecule has 0 fully saturated rings. The van der Waals surface area contributed by atoms with Gasteiger partial charge >= 0.3 is 5.97 Å². The third kappa shape index (κ3) is 8.21. The van der Waals surface area contributed by atoms with Crippen molar-refractivity contribution in [1.82, 2.24) is 5.32 Å². The number of cyclic esters (lactones) is 1. The number of methoxy groups -OCH3 is 1. The van der Waals surface area contributed by atoms with Crippen LogP contribution in [0, 0.1) is 0 Å². The van der Waals surface area contributed by atoms with E-state index in [0.717, 1.165) is 12.0 Å². The average Bonchev–Trinajstić information content (AvgIpc) is 2.70. The predicted octanol–water partition coefficient (Wildman–Crippen LogP) is 4.03. The van der Waals surface area contributed by atoms with E-state index in [9.17, 15) is 9.59 Å². The van der Waals surface area contributed by atoms with Crippen LogP contribution in [0.3, 0.4) is 0 Å². The third-order valence-electron chi connectivity index (χ3n) is 4.45. The Kier molecular flexibility index (Phi) is 8.96. The summed E-state index contributed by atoms with van der Waals surface area (Å²) in [4.78, 5) is 23.6. The van der Waals surface area contributed by atoms with Crippen molar-refractivity contribution in [2.45, 2.75) is 45.3 Å². The fourth-order valence-electron chi connectivity index (χ4n) is 2.94. The fraction of sp³-hybridized carbons (Fsp3) is 0.333. The first-order valence-electron chi connectivity index (χ1n) is 9.79. The SMILES string of the molecule is COC1=CCC(C/C=C(C)/C=C\C=C/C(=O)NC(C)Cc2ccccc2)OC1=O. The first kappa shape index (κ1) is 22.2. The van der Waals surface area contributed by atoms with Crippen molar-refractivity contribution in [3.8, 4) is 0 Å². The van der Waals surface area contributed by atoms with Crippen LogP contribution in [-0.2, 0) is 25.5 Å². The zero-order valence-electron chi connectivity index (χ0n) is 17.3. The summed E-state index contributed by atoms with van der Waals surface area (Å²) in [5, 5.41) is 2.96. The van der Waals surface area contributed by atoms with Crippen molar-refractivity contribution >= 4 is 11.9 Å². The van der Waals surface area contributed by atoms with E-state index < -0.39 is 5.97 Å². The van der Waals surface area contributed by atoms with Crippen molar-refractivity contribution in [2.24, 2.45) is 0 Å². The van der Waals surface area contributed by atoms with Crippen LogP contribution in [0.15, 0.2) is 78.1 Å². The predicted molar refractivity (Wildman–Crippen MR) is 114 cm³/mol. The van der Waals surface area contributed by atoms with E-state index in [-0.39, 0.29) is 23.8 Å². The lowest BCUT2D eigenvalue weighted by Crippen LogP contribution is -2.32. The maximum atomic E-state index is 12.0. The van der Waals surface area contributed by atoms with Crippen LogP contribution in [0.2, 0.25) is 0 Å². The van der Waals surface area contributed by atoms with Gasteiger partial charge in [-0.1, -0.05) is 60.2 Å². The number of nitrogens with one attached hydrogen (secondary N) is 1. The summed E-state index contributed by atoms with van der Waals surface area (Å²) in [6, 6.07) is 10.1. The van der Waals surface area contributed by atoms with Gasteiger partial charge in [0.05, 0.1) is 7.11 Å². The van der Waals surface area contributed by atoms with E-state index in [2.05, 4.69) is 17.4 Å². The zero-order valence-corrected chi connectivity index (χ0v) is 17.3. The Morgan fingerprint density at radius 3 is 2.69 bits per heavy atom. The minimum absolute atomic E-state index is 0.0611. The molecular formula is C24H29NO4. The minimum atomic E-state index is -0.416. The molecule has 2 unspecified atom stereocenters. The molecule has 2 atom stereocenters.